The van der Waals surface area contributed by atoms with Crippen molar-refractivity contribution in [3.05, 3.63) is 0 Å². The lowest BCUT2D eigenvalue weighted by Crippen LogP contribution is -2.05. The molecular weight excluding hydrogens is 216 g/mol. The van der Waals surface area contributed by atoms with E-state index in [-0.39, 0.29) is 0 Å². The van der Waals surface area contributed by atoms with E-state index in [1.807, 2.05) is 23.5 Å². The van der Waals surface area contributed by atoms with Gasteiger partial charge >= 0.3 is 0 Å². The van der Waals surface area contributed by atoms with Crippen molar-refractivity contribution < 1.29 is 9.47 Å². The van der Waals surface area contributed by atoms with Gasteiger partial charge in [0.15, 0.2) is 0 Å². The molecule has 0 aliphatic carbocycles. The summed E-state index contributed by atoms with van der Waals surface area (Å²) in [6, 6.07) is 0. The van der Waals surface area contributed by atoms with E-state index in [2.05, 4.69) is 0 Å². The van der Waals surface area contributed by atoms with Crippen LogP contribution in [0, 0.1) is 0 Å². The molecule has 2 aliphatic heterocycles. The van der Waals surface area contributed by atoms with E-state index in [0.717, 1.165) is 49.8 Å². The maximum absolute atomic E-state index is 5.52. The molecule has 0 saturated carbocycles. The van der Waals surface area contributed by atoms with Gasteiger partial charge in [-0.15, -0.1) is 0 Å². The predicted molar refractivity (Wildman–Crippen MR) is 63.4 cm³/mol. The van der Waals surface area contributed by atoms with Gasteiger partial charge in [0.05, 0.1) is 13.2 Å². The molecule has 0 N–H and O–H groups in total. The smallest absolute Gasteiger partial charge is 0.0593 e. The maximum Gasteiger partial charge on any atom is 0.0593 e. The molecule has 2 unspecified atom stereocenters. The second-order valence-corrected chi connectivity index (χ2v) is 6.43. The SMILES string of the molecule is C(CCOCC1CS1)COCC1CS1. The maximum atomic E-state index is 5.52. The third kappa shape index (κ3) is 5.49. The first kappa shape index (κ1) is 11.1. The number of hydrogen-bond donors (Lipinski definition) is 0. The molecule has 2 aliphatic rings. The Labute approximate surface area is 94.5 Å². The van der Waals surface area contributed by atoms with Crippen LogP contribution in [0.3, 0.4) is 0 Å². The van der Waals surface area contributed by atoms with Crippen LogP contribution in [0.1, 0.15) is 12.8 Å². The number of hydrogen-bond acceptors (Lipinski definition) is 4. The van der Waals surface area contributed by atoms with E-state index in [0.29, 0.717) is 0 Å². The van der Waals surface area contributed by atoms with Gasteiger partial charge in [-0.1, -0.05) is 0 Å². The minimum atomic E-state index is 0.818. The van der Waals surface area contributed by atoms with Gasteiger partial charge in [0.1, 0.15) is 0 Å². The van der Waals surface area contributed by atoms with Crippen molar-refractivity contribution in [2.75, 3.05) is 37.9 Å². The molecule has 0 spiro atoms. The molecule has 14 heavy (non-hydrogen) atoms. The van der Waals surface area contributed by atoms with Crippen LogP contribution in [0.5, 0.6) is 0 Å². The molecule has 2 heterocycles. The van der Waals surface area contributed by atoms with E-state index in [1.165, 1.54) is 11.5 Å². The van der Waals surface area contributed by atoms with Gasteiger partial charge in [-0.25, -0.2) is 0 Å². The molecule has 2 fully saturated rings. The number of ether oxygens (including phenoxy) is 2. The summed E-state index contributed by atoms with van der Waals surface area (Å²) in [4.78, 5) is 0. The zero-order valence-corrected chi connectivity index (χ0v) is 10.1. The fraction of sp³-hybridized carbons (Fsp3) is 1.00. The molecule has 0 aromatic carbocycles. The van der Waals surface area contributed by atoms with Gasteiger partial charge in [-0.2, -0.15) is 23.5 Å². The van der Waals surface area contributed by atoms with E-state index in [9.17, 15) is 0 Å². The lowest BCUT2D eigenvalue weighted by molar-refractivity contribution is 0.109. The summed E-state index contributed by atoms with van der Waals surface area (Å²) in [5.74, 6) is 2.62. The molecule has 2 atom stereocenters. The van der Waals surface area contributed by atoms with Gasteiger partial charge in [-0.05, 0) is 12.8 Å². The summed E-state index contributed by atoms with van der Waals surface area (Å²) >= 11 is 4.00. The summed E-state index contributed by atoms with van der Waals surface area (Å²) < 4.78 is 11.0. The van der Waals surface area contributed by atoms with Crippen LogP contribution < -0.4 is 0 Å². The van der Waals surface area contributed by atoms with E-state index in [1.54, 1.807) is 0 Å². The standard InChI is InChI=1S/C10H18O2S2/c1(3-11-5-9-7-13-9)2-4-12-6-10-8-14-10/h9-10H,1-8H2. The third-order valence-electron chi connectivity index (χ3n) is 2.24. The molecule has 0 aromatic rings. The van der Waals surface area contributed by atoms with Gasteiger partial charge < -0.3 is 9.47 Å². The zero-order chi connectivity index (χ0) is 9.64. The van der Waals surface area contributed by atoms with Gasteiger partial charge in [0.2, 0.25) is 0 Å². The minimum Gasteiger partial charge on any atom is -0.380 e. The highest BCUT2D eigenvalue weighted by Gasteiger charge is 2.22. The van der Waals surface area contributed by atoms with Crippen LogP contribution in [-0.4, -0.2) is 48.4 Å². The normalized spacial score (nSPS) is 29.1. The Morgan fingerprint density at radius 1 is 0.857 bits per heavy atom. The Kier molecular flexibility index (Phi) is 4.97. The van der Waals surface area contributed by atoms with Crippen molar-refractivity contribution in [3.8, 4) is 0 Å². The van der Waals surface area contributed by atoms with Crippen molar-refractivity contribution in [1.29, 1.82) is 0 Å². The van der Waals surface area contributed by atoms with Crippen LogP contribution in [0.2, 0.25) is 0 Å². The van der Waals surface area contributed by atoms with Crippen LogP contribution >= 0.6 is 23.5 Å². The van der Waals surface area contributed by atoms with E-state index in [4.69, 9.17) is 9.47 Å². The molecule has 0 radical (unpaired) electrons. The molecular formula is C10H18O2S2. The fourth-order valence-electron chi connectivity index (χ4n) is 1.17. The van der Waals surface area contributed by atoms with Crippen molar-refractivity contribution in [3.63, 3.8) is 0 Å². The minimum absolute atomic E-state index is 0.818. The lowest BCUT2D eigenvalue weighted by Gasteiger charge is -2.03. The topological polar surface area (TPSA) is 18.5 Å². The monoisotopic (exact) mass is 234 g/mol. The van der Waals surface area contributed by atoms with Crippen molar-refractivity contribution >= 4 is 23.5 Å². The number of thioether (sulfide) groups is 2. The fourth-order valence-corrected chi connectivity index (χ4v) is 2.02. The summed E-state index contributed by atoms with van der Waals surface area (Å²) in [7, 11) is 0. The third-order valence-corrected chi connectivity index (χ3v) is 4.12. The Morgan fingerprint density at radius 3 is 1.64 bits per heavy atom. The van der Waals surface area contributed by atoms with Crippen LogP contribution in [-0.2, 0) is 9.47 Å². The Balaban J connectivity index is 1.25. The Bertz CT molecular complexity index is 140. The molecule has 4 heteroatoms. The average Bonchev–Trinajstić information content (AvgIpc) is 3.00. The average molecular weight is 234 g/mol. The molecule has 0 aromatic heterocycles. The zero-order valence-electron chi connectivity index (χ0n) is 8.44. The van der Waals surface area contributed by atoms with Gasteiger partial charge in [0.25, 0.3) is 0 Å². The lowest BCUT2D eigenvalue weighted by atomic mass is 10.3. The quantitative estimate of drug-likeness (QED) is 0.449. The van der Waals surface area contributed by atoms with Crippen LogP contribution in [0.15, 0.2) is 0 Å². The van der Waals surface area contributed by atoms with E-state index >= 15 is 0 Å². The van der Waals surface area contributed by atoms with Gasteiger partial charge in [0, 0.05) is 35.2 Å². The van der Waals surface area contributed by atoms with Crippen molar-refractivity contribution in [2.24, 2.45) is 0 Å². The highest BCUT2D eigenvalue weighted by atomic mass is 32.2. The molecule has 2 rings (SSSR count). The molecule has 0 amide bonds. The number of unbranched alkanes of at least 4 members (excludes halogenated alkanes) is 1. The largest absolute Gasteiger partial charge is 0.380 e. The Hall–Kier alpha value is 0.620. The van der Waals surface area contributed by atoms with Crippen LogP contribution in [0.4, 0.5) is 0 Å². The first-order valence-electron chi connectivity index (χ1n) is 5.34. The first-order chi connectivity index (χ1) is 6.95. The van der Waals surface area contributed by atoms with Crippen molar-refractivity contribution in [2.45, 2.75) is 23.3 Å². The first-order valence-corrected chi connectivity index (χ1v) is 7.43. The Morgan fingerprint density at radius 2 is 1.29 bits per heavy atom. The molecule has 2 nitrogen and oxygen atoms in total. The summed E-state index contributed by atoms with van der Waals surface area (Å²) in [6.45, 7) is 3.76. The van der Waals surface area contributed by atoms with E-state index < -0.39 is 0 Å². The summed E-state index contributed by atoms with van der Waals surface area (Å²) in [6.07, 6.45) is 2.30. The van der Waals surface area contributed by atoms with Gasteiger partial charge in [-0.3, -0.25) is 0 Å². The molecule has 82 valence electrons. The number of rotatable bonds is 9. The predicted octanol–water partition coefficient (Wildman–Crippen LogP) is 2.03. The second-order valence-electron chi connectivity index (χ2n) is 3.77. The molecule has 2 saturated heterocycles. The van der Waals surface area contributed by atoms with Crippen molar-refractivity contribution in [1.82, 2.24) is 0 Å². The highest BCUT2D eigenvalue weighted by molar-refractivity contribution is 8.07. The molecule has 0 bridgehead atoms. The summed E-state index contributed by atoms with van der Waals surface area (Å²) in [5, 5.41) is 1.64. The second kappa shape index (κ2) is 6.26. The summed E-state index contributed by atoms with van der Waals surface area (Å²) in [5.41, 5.74) is 0. The highest BCUT2D eigenvalue weighted by Crippen LogP contribution is 2.30. The van der Waals surface area contributed by atoms with Crippen LogP contribution in [0.25, 0.3) is 0 Å².